The van der Waals surface area contributed by atoms with Crippen LogP contribution in [-0.4, -0.2) is 68.1 Å². The Morgan fingerprint density at radius 2 is 1.90 bits per heavy atom. The number of benzene rings is 2. The number of urea groups is 1. The van der Waals surface area contributed by atoms with E-state index in [2.05, 4.69) is 27.1 Å². The lowest BCUT2D eigenvalue weighted by molar-refractivity contribution is -0.384. The number of anilines is 3. The number of imidazole rings is 1. The summed E-state index contributed by atoms with van der Waals surface area (Å²) in [6.07, 6.45) is 3.43. The minimum Gasteiger partial charge on any atom is -0.365 e. The van der Waals surface area contributed by atoms with Gasteiger partial charge in [-0.3, -0.25) is 10.1 Å². The number of rotatable bonds is 8. The van der Waals surface area contributed by atoms with Gasteiger partial charge < -0.3 is 25.0 Å². The van der Waals surface area contributed by atoms with Crippen molar-refractivity contribution in [2.24, 2.45) is 0 Å². The fourth-order valence-corrected chi connectivity index (χ4v) is 4.44. The van der Waals surface area contributed by atoms with E-state index in [1.165, 1.54) is 12.1 Å². The number of hydrogen-bond acceptors (Lipinski definition) is 8. The summed E-state index contributed by atoms with van der Waals surface area (Å²) in [5, 5.41) is 17.2. The molecule has 2 amide bonds. The molecule has 0 aliphatic carbocycles. The topological polar surface area (TPSA) is 134 Å². The number of hydrogen-bond donors (Lipinski definition) is 2. The van der Waals surface area contributed by atoms with Gasteiger partial charge in [0, 0.05) is 50.5 Å². The van der Waals surface area contributed by atoms with Crippen molar-refractivity contribution >= 4 is 40.3 Å². The van der Waals surface area contributed by atoms with Crippen LogP contribution in [0.1, 0.15) is 11.1 Å². The fourth-order valence-electron chi connectivity index (χ4n) is 4.44. The Hall–Kier alpha value is -5.00. The number of non-ortho nitro benzene ring substituents is 1. The molecule has 2 aromatic heterocycles. The van der Waals surface area contributed by atoms with Gasteiger partial charge in [0.1, 0.15) is 0 Å². The maximum absolute atomic E-state index is 12.8. The molecule has 4 aromatic rings. The maximum Gasteiger partial charge on any atom is 0.321 e. The fraction of sp³-hybridized carbons (Fsp3) is 0.259. The largest absolute Gasteiger partial charge is 0.365 e. The van der Waals surface area contributed by atoms with Crippen molar-refractivity contribution in [1.29, 1.82) is 0 Å². The van der Waals surface area contributed by atoms with Gasteiger partial charge in [-0.05, 0) is 30.2 Å². The molecule has 1 aliphatic heterocycles. The normalized spacial score (nSPS) is 13.4. The van der Waals surface area contributed by atoms with Crippen LogP contribution in [0.2, 0.25) is 0 Å². The zero-order valence-electron chi connectivity index (χ0n) is 21.6. The third kappa shape index (κ3) is 5.79. The minimum atomic E-state index is -0.417. The first kappa shape index (κ1) is 25.6. The number of nitrogens with one attached hydrogen (secondary N) is 2. The molecule has 12 heteroatoms. The number of carbonyl (C=O) groups excluding carboxylic acids is 1. The summed E-state index contributed by atoms with van der Waals surface area (Å²) in [4.78, 5) is 41.3. The zero-order chi connectivity index (χ0) is 27.4. The van der Waals surface area contributed by atoms with E-state index >= 15 is 0 Å². The Kier molecular flexibility index (Phi) is 7.34. The van der Waals surface area contributed by atoms with E-state index in [1.807, 2.05) is 35.8 Å². The van der Waals surface area contributed by atoms with Crippen molar-refractivity contribution in [2.45, 2.75) is 13.5 Å². The number of carbonyl (C=O) groups is 1. The van der Waals surface area contributed by atoms with E-state index < -0.39 is 4.92 Å². The number of nitro benzene ring substituents is 1. The van der Waals surface area contributed by atoms with Gasteiger partial charge in [-0.1, -0.05) is 30.3 Å². The number of aromatic nitrogens is 4. The van der Waals surface area contributed by atoms with Crippen molar-refractivity contribution in [2.75, 3.05) is 48.3 Å². The Morgan fingerprint density at radius 1 is 1.13 bits per heavy atom. The summed E-state index contributed by atoms with van der Waals surface area (Å²) in [6.45, 7) is 8.91. The van der Waals surface area contributed by atoms with Crippen LogP contribution >= 0.6 is 0 Å². The molecule has 12 nitrogen and oxygen atoms in total. The average molecular weight is 528 g/mol. The molecule has 1 fully saturated rings. The van der Waals surface area contributed by atoms with Gasteiger partial charge in [0.05, 0.1) is 17.8 Å². The molecule has 0 atom stereocenters. The first-order valence-electron chi connectivity index (χ1n) is 12.6. The SMILES string of the molecule is C=CCNc1nc(N2CCN(C(=O)Nc3cccc(C)c3)CC2)nc2c1ncn2Cc1ccc([N+](=O)[O-])cc1. The molecule has 0 unspecified atom stereocenters. The van der Waals surface area contributed by atoms with Crippen molar-refractivity contribution in [3.05, 3.63) is 88.8 Å². The van der Waals surface area contributed by atoms with Crippen molar-refractivity contribution < 1.29 is 9.72 Å². The lowest BCUT2D eigenvalue weighted by Gasteiger charge is -2.34. The highest BCUT2D eigenvalue weighted by Gasteiger charge is 2.24. The third-order valence-corrected chi connectivity index (χ3v) is 6.49. The van der Waals surface area contributed by atoms with E-state index in [1.54, 1.807) is 29.4 Å². The first-order chi connectivity index (χ1) is 18.9. The Labute approximate surface area is 225 Å². The van der Waals surface area contributed by atoms with E-state index in [0.717, 1.165) is 16.8 Å². The third-order valence-electron chi connectivity index (χ3n) is 6.49. The molecule has 39 heavy (non-hydrogen) atoms. The molecule has 1 aliphatic rings. The quantitative estimate of drug-likeness (QED) is 0.199. The van der Waals surface area contributed by atoms with E-state index in [9.17, 15) is 14.9 Å². The zero-order valence-corrected chi connectivity index (χ0v) is 21.6. The molecule has 0 bridgehead atoms. The minimum absolute atomic E-state index is 0.0430. The van der Waals surface area contributed by atoms with Crippen molar-refractivity contribution in [1.82, 2.24) is 24.4 Å². The highest BCUT2D eigenvalue weighted by molar-refractivity contribution is 5.89. The molecular formula is C27H29N9O3. The lowest BCUT2D eigenvalue weighted by atomic mass is 10.2. The molecule has 1 saturated heterocycles. The Bertz CT molecular complexity index is 1510. The van der Waals surface area contributed by atoms with Gasteiger partial charge in [0.2, 0.25) is 5.95 Å². The van der Waals surface area contributed by atoms with Crippen LogP contribution in [-0.2, 0) is 6.54 Å². The highest BCUT2D eigenvalue weighted by atomic mass is 16.6. The maximum atomic E-state index is 12.8. The number of amides is 2. The molecule has 2 aromatic carbocycles. The van der Waals surface area contributed by atoms with Gasteiger partial charge in [-0.2, -0.15) is 9.97 Å². The van der Waals surface area contributed by atoms with Crippen molar-refractivity contribution in [3.63, 3.8) is 0 Å². The summed E-state index contributed by atoms with van der Waals surface area (Å²) in [5.41, 5.74) is 4.05. The summed E-state index contributed by atoms with van der Waals surface area (Å²) in [6, 6.07) is 14.0. The number of piperazine rings is 1. The van der Waals surface area contributed by atoms with Crippen molar-refractivity contribution in [3.8, 4) is 0 Å². The van der Waals surface area contributed by atoms with Gasteiger partial charge in [0.15, 0.2) is 17.0 Å². The van der Waals surface area contributed by atoms with Crippen LogP contribution in [0, 0.1) is 17.0 Å². The smallest absolute Gasteiger partial charge is 0.321 e. The number of fused-ring (bicyclic) bond motifs is 1. The number of nitrogens with zero attached hydrogens (tertiary/aromatic N) is 7. The second-order valence-electron chi connectivity index (χ2n) is 9.28. The summed E-state index contributed by atoms with van der Waals surface area (Å²) in [7, 11) is 0. The monoisotopic (exact) mass is 527 g/mol. The predicted molar refractivity (Wildman–Crippen MR) is 150 cm³/mol. The molecule has 3 heterocycles. The van der Waals surface area contributed by atoms with E-state index in [0.29, 0.717) is 62.2 Å². The molecule has 0 radical (unpaired) electrons. The first-order valence-corrected chi connectivity index (χ1v) is 12.6. The summed E-state index contributed by atoms with van der Waals surface area (Å²) >= 11 is 0. The highest BCUT2D eigenvalue weighted by Crippen LogP contribution is 2.25. The Morgan fingerprint density at radius 3 is 2.59 bits per heavy atom. The summed E-state index contributed by atoms with van der Waals surface area (Å²) in [5.74, 6) is 1.13. The standard InChI is InChI=1S/C27H29N9O3/c1-3-11-28-24-23-25(35(18-29-23)17-20-7-9-22(10-8-20)36(38)39)32-26(31-24)33-12-14-34(15-13-33)27(37)30-21-6-4-5-19(2)16-21/h3-10,16,18H,1,11-15,17H2,2H3,(H,30,37)(H,28,31,32). The predicted octanol–water partition coefficient (Wildman–Crippen LogP) is 4.04. The van der Waals surface area contributed by atoms with Gasteiger partial charge >= 0.3 is 6.03 Å². The molecule has 0 saturated carbocycles. The van der Waals surface area contributed by atoms with Gasteiger partial charge in [0.25, 0.3) is 5.69 Å². The molecular weight excluding hydrogens is 498 g/mol. The van der Waals surface area contributed by atoms with E-state index in [4.69, 9.17) is 9.97 Å². The van der Waals surface area contributed by atoms with Crippen LogP contribution < -0.4 is 15.5 Å². The number of nitro groups is 1. The average Bonchev–Trinajstić information content (AvgIpc) is 3.34. The molecule has 2 N–H and O–H groups in total. The molecule has 200 valence electrons. The van der Waals surface area contributed by atoms with Crippen LogP contribution in [0.15, 0.2) is 67.5 Å². The lowest BCUT2D eigenvalue weighted by Crippen LogP contribution is -2.50. The van der Waals surface area contributed by atoms with E-state index in [-0.39, 0.29) is 11.7 Å². The van der Waals surface area contributed by atoms with Crippen LogP contribution in [0.25, 0.3) is 11.2 Å². The summed E-state index contributed by atoms with van der Waals surface area (Å²) < 4.78 is 1.90. The van der Waals surface area contributed by atoms with Crippen LogP contribution in [0.3, 0.4) is 0 Å². The van der Waals surface area contributed by atoms with Gasteiger partial charge in [-0.25, -0.2) is 9.78 Å². The second kappa shape index (κ2) is 11.2. The molecule has 5 rings (SSSR count). The van der Waals surface area contributed by atoms with Crippen LogP contribution in [0.5, 0.6) is 0 Å². The number of aryl methyl sites for hydroxylation is 1. The second-order valence-corrected chi connectivity index (χ2v) is 9.28. The van der Waals surface area contributed by atoms with Gasteiger partial charge in [-0.15, -0.1) is 6.58 Å². The molecule has 0 spiro atoms. The Balaban J connectivity index is 1.34. The van der Waals surface area contributed by atoms with Crippen LogP contribution in [0.4, 0.5) is 27.9 Å².